The molecule has 1 nitrogen and oxygen atoms in total. The molecule has 0 bridgehead atoms. The largest absolute Gasteiger partial charge is 0.310 e. The van der Waals surface area contributed by atoms with Crippen LogP contribution in [0.3, 0.4) is 0 Å². The Kier molecular flexibility index (Phi) is 6.72. The van der Waals surface area contributed by atoms with E-state index < -0.39 is 0 Å². The fraction of sp³-hybridized carbons (Fsp3) is 0.600. The zero-order chi connectivity index (χ0) is 13.5. The van der Waals surface area contributed by atoms with Crippen LogP contribution in [0.15, 0.2) is 23.1 Å². The summed E-state index contributed by atoms with van der Waals surface area (Å²) in [6, 6.07) is 5.80. The fourth-order valence-corrected chi connectivity index (χ4v) is 2.74. The van der Waals surface area contributed by atoms with Gasteiger partial charge in [0.05, 0.1) is 0 Å². The van der Waals surface area contributed by atoms with Crippen LogP contribution in [-0.2, 0) is 0 Å². The van der Waals surface area contributed by atoms with E-state index in [4.69, 9.17) is 0 Å². The number of rotatable bonds is 7. The summed E-state index contributed by atoms with van der Waals surface area (Å²) in [6.07, 6.45) is 1.14. The second kappa shape index (κ2) is 7.80. The predicted octanol–water partition coefficient (Wildman–Crippen LogP) is 4.63. The second-order valence-electron chi connectivity index (χ2n) is 4.79. The first kappa shape index (κ1) is 15.5. The van der Waals surface area contributed by atoms with E-state index in [0.717, 1.165) is 29.2 Å². The lowest BCUT2D eigenvalue weighted by atomic mass is 10.1. The topological polar surface area (TPSA) is 12.0 Å². The monoisotopic (exact) mass is 269 g/mol. The molecule has 1 aromatic rings. The normalized spacial score (nSPS) is 14.5. The van der Waals surface area contributed by atoms with E-state index in [1.54, 1.807) is 17.8 Å². The highest BCUT2D eigenvalue weighted by Crippen LogP contribution is 2.27. The highest BCUT2D eigenvalue weighted by Gasteiger charge is 2.09. The van der Waals surface area contributed by atoms with Gasteiger partial charge in [0.2, 0.25) is 0 Å². The van der Waals surface area contributed by atoms with Gasteiger partial charge >= 0.3 is 0 Å². The van der Waals surface area contributed by atoms with E-state index in [2.05, 4.69) is 33.0 Å². The van der Waals surface area contributed by atoms with Crippen LogP contribution in [0.25, 0.3) is 0 Å². The first-order valence-electron chi connectivity index (χ1n) is 6.74. The van der Waals surface area contributed by atoms with E-state index in [1.807, 2.05) is 12.1 Å². The van der Waals surface area contributed by atoms with Gasteiger partial charge in [-0.2, -0.15) is 0 Å². The third kappa shape index (κ3) is 4.62. The summed E-state index contributed by atoms with van der Waals surface area (Å²) < 4.78 is 14.0. The molecule has 0 amide bonds. The van der Waals surface area contributed by atoms with Gasteiger partial charge in [0.25, 0.3) is 0 Å². The maximum absolute atomic E-state index is 14.0. The maximum Gasteiger partial charge on any atom is 0.137 e. The lowest BCUT2D eigenvalue weighted by Gasteiger charge is -2.14. The zero-order valence-electron chi connectivity index (χ0n) is 11.8. The van der Waals surface area contributed by atoms with Gasteiger partial charge in [-0.1, -0.05) is 33.3 Å². The van der Waals surface area contributed by atoms with Gasteiger partial charge in [0.15, 0.2) is 0 Å². The van der Waals surface area contributed by atoms with Crippen molar-refractivity contribution in [3.05, 3.63) is 29.6 Å². The van der Waals surface area contributed by atoms with Gasteiger partial charge in [0.1, 0.15) is 5.82 Å². The van der Waals surface area contributed by atoms with Crippen molar-refractivity contribution in [2.75, 3.05) is 12.3 Å². The molecule has 0 fully saturated rings. The summed E-state index contributed by atoms with van der Waals surface area (Å²) >= 11 is 1.62. The minimum absolute atomic E-state index is 0.0921. The average molecular weight is 269 g/mol. The molecule has 3 heteroatoms. The Morgan fingerprint density at radius 2 is 2.00 bits per heavy atom. The maximum atomic E-state index is 14.0. The molecule has 1 N–H and O–H groups in total. The lowest BCUT2D eigenvalue weighted by molar-refractivity contribution is 0.571. The van der Waals surface area contributed by atoms with Gasteiger partial charge < -0.3 is 5.32 Å². The molecule has 18 heavy (non-hydrogen) atoms. The van der Waals surface area contributed by atoms with Gasteiger partial charge in [-0.05, 0) is 37.1 Å². The number of nitrogens with one attached hydrogen (secondary N) is 1. The zero-order valence-corrected chi connectivity index (χ0v) is 12.6. The molecule has 0 aliphatic heterocycles. The molecule has 0 aromatic heterocycles. The molecular weight excluding hydrogens is 245 g/mol. The quantitative estimate of drug-likeness (QED) is 0.724. The molecule has 0 saturated heterocycles. The number of benzene rings is 1. The Bertz CT molecular complexity index is 368. The lowest BCUT2D eigenvalue weighted by Crippen LogP contribution is -2.17. The van der Waals surface area contributed by atoms with Gasteiger partial charge in [0, 0.05) is 16.7 Å². The first-order chi connectivity index (χ1) is 8.58. The van der Waals surface area contributed by atoms with Crippen molar-refractivity contribution in [3.63, 3.8) is 0 Å². The van der Waals surface area contributed by atoms with E-state index in [0.29, 0.717) is 5.92 Å². The third-order valence-corrected chi connectivity index (χ3v) is 4.56. The van der Waals surface area contributed by atoms with Gasteiger partial charge in [-0.25, -0.2) is 4.39 Å². The minimum atomic E-state index is -0.0921. The smallest absolute Gasteiger partial charge is 0.137 e. The molecule has 2 unspecified atom stereocenters. The number of hydrogen-bond acceptors (Lipinski definition) is 2. The molecule has 2 atom stereocenters. The van der Waals surface area contributed by atoms with Crippen LogP contribution in [-0.4, -0.2) is 12.3 Å². The summed E-state index contributed by atoms with van der Waals surface area (Å²) in [6.45, 7) is 9.38. The van der Waals surface area contributed by atoms with Crippen LogP contribution in [0.1, 0.15) is 45.7 Å². The average Bonchev–Trinajstić information content (AvgIpc) is 2.37. The number of hydrogen-bond donors (Lipinski definition) is 1. The standard InChI is InChI=1S/C15H24FNS/c1-5-11(3)10-18-15-8-7-13(9-14(15)16)12(4)17-6-2/h7-9,11-12,17H,5-6,10H2,1-4H3. The molecule has 0 radical (unpaired) electrons. The third-order valence-electron chi connectivity index (χ3n) is 3.19. The van der Waals surface area contributed by atoms with Crippen molar-refractivity contribution in [2.45, 2.75) is 45.1 Å². The Morgan fingerprint density at radius 1 is 1.28 bits per heavy atom. The Morgan fingerprint density at radius 3 is 2.56 bits per heavy atom. The molecule has 0 spiro atoms. The summed E-state index contributed by atoms with van der Waals surface area (Å²) in [5.41, 5.74) is 1.02. The van der Waals surface area contributed by atoms with Crippen LogP contribution >= 0.6 is 11.8 Å². The van der Waals surface area contributed by atoms with Gasteiger partial charge in [-0.15, -0.1) is 11.8 Å². The van der Waals surface area contributed by atoms with Crippen LogP contribution < -0.4 is 5.32 Å². The molecule has 0 heterocycles. The highest BCUT2D eigenvalue weighted by atomic mass is 32.2. The van der Waals surface area contributed by atoms with Crippen molar-refractivity contribution in [1.29, 1.82) is 0 Å². The van der Waals surface area contributed by atoms with E-state index >= 15 is 0 Å². The highest BCUT2D eigenvalue weighted by molar-refractivity contribution is 7.99. The Hall–Kier alpha value is -0.540. The summed E-state index contributed by atoms with van der Waals surface area (Å²) in [5.74, 6) is 1.52. The molecular formula is C15H24FNS. The number of halogens is 1. The van der Waals surface area contributed by atoms with Gasteiger partial charge in [-0.3, -0.25) is 0 Å². The van der Waals surface area contributed by atoms with Crippen molar-refractivity contribution in [1.82, 2.24) is 5.32 Å². The molecule has 0 aliphatic carbocycles. The second-order valence-corrected chi connectivity index (χ2v) is 5.86. The molecule has 0 aliphatic rings. The van der Waals surface area contributed by atoms with Crippen LogP contribution in [0.2, 0.25) is 0 Å². The Labute approximate surface area is 115 Å². The molecule has 1 rings (SSSR count). The molecule has 102 valence electrons. The minimum Gasteiger partial charge on any atom is -0.310 e. The van der Waals surface area contributed by atoms with E-state index in [9.17, 15) is 4.39 Å². The van der Waals surface area contributed by atoms with Crippen molar-refractivity contribution < 1.29 is 4.39 Å². The SMILES string of the molecule is CCNC(C)c1ccc(SCC(C)CC)c(F)c1. The van der Waals surface area contributed by atoms with Crippen molar-refractivity contribution >= 4 is 11.8 Å². The van der Waals surface area contributed by atoms with E-state index in [1.165, 1.54) is 0 Å². The van der Waals surface area contributed by atoms with Crippen LogP contribution in [0.4, 0.5) is 4.39 Å². The summed E-state index contributed by atoms with van der Waals surface area (Å²) in [5, 5.41) is 3.29. The van der Waals surface area contributed by atoms with Crippen molar-refractivity contribution in [3.8, 4) is 0 Å². The Balaban J connectivity index is 2.67. The molecule has 0 saturated carbocycles. The fourth-order valence-electron chi connectivity index (χ4n) is 1.68. The summed E-state index contributed by atoms with van der Waals surface area (Å²) in [4.78, 5) is 0.766. The number of thioether (sulfide) groups is 1. The van der Waals surface area contributed by atoms with Crippen molar-refractivity contribution in [2.24, 2.45) is 5.92 Å². The van der Waals surface area contributed by atoms with Crippen LogP contribution in [0.5, 0.6) is 0 Å². The van der Waals surface area contributed by atoms with E-state index in [-0.39, 0.29) is 11.9 Å². The molecule has 1 aromatic carbocycles. The predicted molar refractivity (Wildman–Crippen MR) is 78.7 cm³/mol. The first-order valence-corrected chi connectivity index (χ1v) is 7.72. The van der Waals surface area contributed by atoms with Crippen LogP contribution in [0, 0.1) is 11.7 Å². The summed E-state index contributed by atoms with van der Waals surface area (Å²) in [7, 11) is 0.